The van der Waals surface area contributed by atoms with Crippen LogP contribution < -0.4 is 15.4 Å². The van der Waals surface area contributed by atoms with Crippen molar-refractivity contribution >= 4 is 18.0 Å². The van der Waals surface area contributed by atoms with Gasteiger partial charge in [-0.2, -0.15) is 0 Å². The first-order valence-electron chi connectivity index (χ1n) is 10.8. The Bertz CT molecular complexity index is 874. The number of methoxy groups -OCH3 is 2. The molecule has 33 heavy (non-hydrogen) atoms. The molecule has 2 rings (SSSR count). The smallest absolute Gasteiger partial charge is 0.407 e. The van der Waals surface area contributed by atoms with Crippen LogP contribution in [0.25, 0.3) is 0 Å². The van der Waals surface area contributed by atoms with Gasteiger partial charge in [0, 0.05) is 31.6 Å². The molecule has 9 heteroatoms. The number of unbranched alkanes of at least 4 members (excludes halogenated alkanes) is 2. The van der Waals surface area contributed by atoms with Crippen LogP contribution in [-0.4, -0.2) is 49.8 Å². The molecular formula is C24H31N3O6. The van der Waals surface area contributed by atoms with Crippen LogP contribution in [0, 0.1) is 0 Å². The first-order valence-corrected chi connectivity index (χ1v) is 10.8. The normalized spacial score (nSPS) is 11.2. The average molecular weight is 458 g/mol. The van der Waals surface area contributed by atoms with Crippen molar-refractivity contribution < 1.29 is 28.6 Å². The highest BCUT2D eigenvalue weighted by Crippen LogP contribution is 2.10. The predicted molar refractivity (Wildman–Crippen MR) is 122 cm³/mol. The Labute approximate surface area is 193 Å². The van der Waals surface area contributed by atoms with Crippen molar-refractivity contribution in [3.63, 3.8) is 0 Å². The van der Waals surface area contributed by atoms with Gasteiger partial charge in [-0.05, 0) is 24.0 Å². The van der Waals surface area contributed by atoms with Gasteiger partial charge in [0.05, 0.1) is 14.2 Å². The molecule has 0 saturated carbocycles. The lowest BCUT2D eigenvalue weighted by Crippen LogP contribution is -2.43. The standard InChI is InChI=1S/C24H31N3O6/c1-31-22-13-12-19(16-26-22)15-20(23(29)32-2)27-21(28)11-7-4-8-14-25-24(30)33-17-18-9-5-3-6-10-18/h3,5-6,9-10,12-13,16,20H,4,7-8,11,14-15,17H2,1-2H3,(H,25,30)(H,27,28)/t20-/m1/s1. The number of carbonyl (C=O) groups excluding carboxylic acids is 3. The van der Waals surface area contributed by atoms with Crippen molar-refractivity contribution in [1.29, 1.82) is 0 Å². The first kappa shape index (κ1) is 25.6. The molecule has 1 heterocycles. The molecule has 1 aromatic heterocycles. The maximum Gasteiger partial charge on any atom is 0.407 e. The number of pyridine rings is 1. The number of benzene rings is 1. The van der Waals surface area contributed by atoms with Crippen LogP contribution in [-0.2, 0) is 32.1 Å². The fourth-order valence-electron chi connectivity index (χ4n) is 3.04. The minimum atomic E-state index is -0.793. The summed E-state index contributed by atoms with van der Waals surface area (Å²) in [5.41, 5.74) is 1.70. The van der Waals surface area contributed by atoms with Crippen LogP contribution in [0.2, 0.25) is 0 Å². The summed E-state index contributed by atoms with van der Waals surface area (Å²) >= 11 is 0. The fraction of sp³-hybridized carbons (Fsp3) is 0.417. The zero-order valence-electron chi connectivity index (χ0n) is 19.0. The largest absolute Gasteiger partial charge is 0.481 e. The number of hydrogen-bond donors (Lipinski definition) is 2. The van der Waals surface area contributed by atoms with Crippen molar-refractivity contribution in [2.45, 2.75) is 44.8 Å². The number of nitrogens with one attached hydrogen (secondary N) is 2. The summed E-state index contributed by atoms with van der Waals surface area (Å²) in [5.74, 6) is -0.282. The SMILES string of the molecule is COC(=O)[C@@H](Cc1ccc(OC)nc1)NC(=O)CCCCCNC(=O)OCc1ccccc1. The zero-order valence-corrected chi connectivity index (χ0v) is 19.0. The Morgan fingerprint density at radius 3 is 2.42 bits per heavy atom. The molecule has 0 unspecified atom stereocenters. The van der Waals surface area contributed by atoms with Crippen LogP contribution in [0.3, 0.4) is 0 Å². The maximum absolute atomic E-state index is 12.3. The lowest BCUT2D eigenvalue weighted by molar-refractivity contribution is -0.145. The van der Waals surface area contributed by atoms with Gasteiger partial charge in [-0.25, -0.2) is 14.6 Å². The Morgan fingerprint density at radius 2 is 1.76 bits per heavy atom. The predicted octanol–water partition coefficient (Wildman–Crippen LogP) is 2.78. The highest BCUT2D eigenvalue weighted by molar-refractivity contribution is 5.84. The van der Waals surface area contributed by atoms with E-state index in [1.54, 1.807) is 18.3 Å². The highest BCUT2D eigenvalue weighted by atomic mass is 16.5. The van der Waals surface area contributed by atoms with Crippen LogP contribution in [0.4, 0.5) is 4.79 Å². The number of hydrogen-bond acceptors (Lipinski definition) is 7. The molecule has 1 aromatic carbocycles. The van der Waals surface area contributed by atoms with Gasteiger partial charge < -0.3 is 24.8 Å². The van der Waals surface area contributed by atoms with E-state index in [9.17, 15) is 14.4 Å². The van der Waals surface area contributed by atoms with Gasteiger partial charge in [-0.1, -0.05) is 42.8 Å². The Kier molecular flexibility index (Phi) is 11.2. The Morgan fingerprint density at radius 1 is 0.970 bits per heavy atom. The maximum atomic E-state index is 12.3. The molecule has 0 aliphatic carbocycles. The summed E-state index contributed by atoms with van der Waals surface area (Å²) < 4.78 is 15.0. The second-order valence-corrected chi connectivity index (χ2v) is 7.36. The molecule has 2 aromatic rings. The highest BCUT2D eigenvalue weighted by Gasteiger charge is 2.22. The molecule has 0 fully saturated rings. The third-order valence-electron chi connectivity index (χ3n) is 4.83. The molecule has 9 nitrogen and oxygen atoms in total. The van der Waals surface area contributed by atoms with E-state index in [1.165, 1.54) is 14.2 Å². The van der Waals surface area contributed by atoms with E-state index in [0.717, 1.165) is 17.5 Å². The summed E-state index contributed by atoms with van der Waals surface area (Å²) in [6.07, 6.45) is 3.76. The minimum Gasteiger partial charge on any atom is -0.481 e. The molecule has 0 radical (unpaired) electrons. The van der Waals surface area contributed by atoms with Gasteiger partial charge in [-0.15, -0.1) is 0 Å². The number of nitrogens with zero attached hydrogens (tertiary/aromatic N) is 1. The summed E-state index contributed by atoms with van der Waals surface area (Å²) in [6.45, 7) is 0.686. The van der Waals surface area contributed by atoms with Crippen molar-refractivity contribution in [2.24, 2.45) is 0 Å². The number of rotatable bonds is 13. The number of amides is 2. The van der Waals surface area contributed by atoms with E-state index in [0.29, 0.717) is 25.3 Å². The van der Waals surface area contributed by atoms with Gasteiger partial charge in [0.2, 0.25) is 11.8 Å². The van der Waals surface area contributed by atoms with Crippen molar-refractivity contribution in [3.8, 4) is 5.88 Å². The number of alkyl carbamates (subject to hydrolysis) is 1. The third kappa shape index (κ3) is 10.0. The van der Waals surface area contributed by atoms with E-state index < -0.39 is 18.1 Å². The summed E-state index contributed by atoms with van der Waals surface area (Å²) in [7, 11) is 2.80. The molecule has 0 saturated heterocycles. The number of carbonyl (C=O) groups is 3. The number of ether oxygens (including phenoxy) is 3. The van der Waals surface area contributed by atoms with Crippen LogP contribution in [0.1, 0.15) is 36.8 Å². The van der Waals surface area contributed by atoms with E-state index in [4.69, 9.17) is 14.2 Å². The van der Waals surface area contributed by atoms with Crippen molar-refractivity contribution in [1.82, 2.24) is 15.6 Å². The second-order valence-electron chi connectivity index (χ2n) is 7.36. The Hall–Kier alpha value is -3.62. The van der Waals surface area contributed by atoms with Gasteiger partial charge >= 0.3 is 12.1 Å². The van der Waals surface area contributed by atoms with Crippen LogP contribution in [0.15, 0.2) is 48.7 Å². The molecule has 2 amide bonds. The number of aromatic nitrogens is 1. The molecule has 0 aliphatic rings. The molecule has 2 N–H and O–H groups in total. The molecule has 0 aliphatic heterocycles. The topological polar surface area (TPSA) is 116 Å². The Balaban J connectivity index is 1.62. The average Bonchev–Trinajstić information content (AvgIpc) is 2.85. The van der Waals surface area contributed by atoms with Gasteiger partial charge in [0.25, 0.3) is 0 Å². The molecule has 0 spiro atoms. The zero-order chi connectivity index (χ0) is 23.9. The van der Waals surface area contributed by atoms with Gasteiger partial charge in [-0.3, -0.25) is 4.79 Å². The van der Waals surface area contributed by atoms with E-state index in [-0.39, 0.29) is 25.4 Å². The molecule has 0 bridgehead atoms. The second kappa shape index (κ2) is 14.4. The third-order valence-corrected chi connectivity index (χ3v) is 4.83. The van der Waals surface area contributed by atoms with Crippen LogP contribution in [0.5, 0.6) is 5.88 Å². The summed E-state index contributed by atoms with van der Waals surface area (Å²) in [6, 6.07) is 12.1. The van der Waals surface area contributed by atoms with Gasteiger partial charge in [0.15, 0.2) is 0 Å². The van der Waals surface area contributed by atoms with E-state index in [2.05, 4.69) is 15.6 Å². The van der Waals surface area contributed by atoms with E-state index in [1.807, 2.05) is 30.3 Å². The summed E-state index contributed by atoms with van der Waals surface area (Å²) in [4.78, 5) is 40.2. The quantitative estimate of drug-likeness (QED) is 0.351. The first-order chi connectivity index (χ1) is 16.0. The van der Waals surface area contributed by atoms with Crippen molar-refractivity contribution in [2.75, 3.05) is 20.8 Å². The lowest BCUT2D eigenvalue weighted by Gasteiger charge is -2.16. The monoisotopic (exact) mass is 457 g/mol. The minimum absolute atomic E-state index is 0.223. The molecule has 1 atom stereocenters. The summed E-state index contributed by atoms with van der Waals surface area (Å²) in [5, 5.41) is 5.42. The van der Waals surface area contributed by atoms with Crippen LogP contribution >= 0.6 is 0 Å². The van der Waals surface area contributed by atoms with E-state index >= 15 is 0 Å². The fourth-order valence-corrected chi connectivity index (χ4v) is 3.04. The van der Waals surface area contributed by atoms with Gasteiger partial charge in [0.1, 0.15) is 12.6 Å². The molecule has 178 valence electrons. The molecular weight excluding hydrogens is 426 g/mol. The van der Waals surface area contributed by atoms with Crippen molar-refractivity contribution in [3.05, 3.63) is 59.8 Å². The number of esters is 1. The lowest BCUT2D eigenvalue weighted by atomic mass is 10.1.